The normalized spacial score (nSPS) is 22.1. The zero-order valence-electron chi connectivity index (χ0n) is 11.8. The van der Waals surface area contributed by atoms with Gasteiger partial charge in [0, 0.05) is 25.0 Å². The molecule has 4 heteroatoms. The number of nitrogens with one attached hydrogen (secondary N) is 1. The Morgan fingerprint density at radius 2 is 1.79 bits per heavy atom. The first-order valence-electron chi connectivity index (χ1n) is 7.62. The molecule has 104 valence electrons. The van der Waals surface area contributed by atoms with Crippen molar-refractivity contribution in [2.75, 3.05) is 25.0 Å². The molecular formula is C15H24N4. The van der Waals surface area contributed by atoms with Crippen LogP contribution in [0.25, 0.3) is 0 Å². The summed E-state index contributed by atoms with van der Waals surface area (Å²) in [6, 6.07) is 5.03. The predicted octanol–water partition coefficient (Wildman–Crippen LogP) is 2.32. The van der Waals surface area contributed by atoms with E-state index in [0.717, 1.165) is 18.9 Å². The van der Waals surface area contributed by atoms with E-state index in [0.29, 0.717) is 12.0 Å². The molecule has 2 aliphatic rings. The van der Waals surface area contributed by atoms with Crippen LogP contribution in [-0.4, -0.2) is 36.4 Å². The molecule has 0 amide bonds. The fourth-order valence-electron chi connectivity index (χ4n) is 3.34. The zero-order valence-corrected chi connectivity index (χ0v) is 11.8. The summed E-state index contributed by atoms with van der Waals surface area (Å²) in [5.41, 5.74) is 1.20. The Morgan fingerprint density at radius 3 is 2.37 bits per heavy atom. The summed E-state index contributed by atoms with van der Waals surface area (Å²) in [7, 11) is 2.05. The lowest BCUT2D eigenvalue weighted by Crippen LogP contribution is -2.41. The zero-order chi connectivity index (χ0) is 13.1. The smallest absolute Gasteiger partial charge is 0.151 e. The lowest BCUT2D eigenvalue weighted by Gasteiger charge is -2.32. The van der Waals surface area contributed by atoms with Crippen LogP contribution in [0.15, 0.2) is 12.1 Å². The highest BCUT2D eigenvalue weighted by Gasteiger charge is 2.21. The maximum absolute atomic E-state index is 4.47. The topological polar surface area (TPSA) is 41.0 Å². The summed E-state index contributed by atoms with van der Waals surface area (Å²) in [6.07, 6.45) is 7.69. The highest BCUT2D eigenvalue weighted by Crippen LogP contribution is 2.33. The number of aromatic nitrogens is 2. The lowest BCUT2D eigenvalue weighted by molar-refractivity contribution is 0.440. The van der Waals surface area contributed by atoms with Crippen LogP contribution in [0, 0.1) is 0 Å². The molecule has 2 heterocycles. The predicted molar refractivity (Wildman–Crippen MR) is 77.5 cm³/mol. The molecule has 0 aromatic carbocycles. The van der Waals surface area contributed by atoms with Crippen molar-refractivity contribution in [2.24, 2.45) is 0 Å². The number of nitrogens with zero attached hydrogens (tertiary/aromatic N) is 3. The molecule has 2 fully saturated rings. The van der Waals surface area contributed by atoms with E-state index in [1.807, 2.05) is 0 Å². The standard InChI is InChI=1S/C15H24N4/c1-16-13-8-10-19(11-9-13)15-7-6-14(17-18-15)12-4-2-3-5-12/h6-7,12-13,16H,2-5,8-11H2,1H3. The van der Waals surface area contributed by atoms with E-state index in [4.69, 9.17) is 0 Å². The van der Waals surface area contributed by atoms with Crippen molar-refractivity contribution in [3.8, 4) is 0 Å². The van der Waals surface area contributed by atoms with Gasteiger partial charge < -0.3 is 10.2 Å². The third-order valence-corrected chi connectivity index (χ3v) is 4.67. The Kier molecular flexibility index (Phi) is 3.97. The molecule has 1 saturated carbocycles. The summed E-state index contributed by atoms with van der Waals surface area (Å²) >= 11 is 0. The molecule has 3 rings (SSSR count). The van der Waals surface area contributed by atoms with Gasteiger partial charge in [-0.3, -0.25) is 0 Å². The third kappa shape index (κ3) is 2.89. The maximum Gasteiger partial charge on any atom is 0.151 e. The minimum absolute atomic E-state index is 0.663. The van der Waals surface area contributed by atoms with Gasteiger partial charge in [0.25, 0.3) is 0 Å². The molecule has 1 aliphatic heterocycles. The molecule has 4 nitrogen and oxygen atoms in total. The van der Waals surface area contributed by atoms with Gasteiger partial charge >= 0.3 is 0 Å². The summed E-state index contributed by atoms with van der Waals surface area (Å²) in [5, 5.41) is 12.3. The number of anilines is 1. The minimum Gasteiger partial charge on any atom is -0.355 e. The number of hydrogen-bond acceptors (Lipinski definition) is 4. The van der Waals surface area contributed by atoms with Gasteiger partial charge in [0.2, 0.25) is 0 Å². The van der Waals surface area contributed by atoms with E-state index in [1.54, 1.807) is 0 Å². The Balaban J connectivity index is 1.62. The van der Waals surface area contributed by atoms with E-state index in [2.05, 4.69) is 39.6 Å². The molecule has 0 unspecified atom stereocenters. The molecule has 0 radical (unpaired) electrons. The van der Waals surface area contributed by atoms with Crippen LogP contribution in [-0.2, 0) is 0 Å². The number of rotatable bonds is 3. The van der Waals surface area contributed by atoms with Gasteiger partial charge in [-0.05, 0) is 44.9 Å². The SMILES string of the molecule is CNC1CCN(c2ccc(C3CCCC3)nn2)CC1. The van der Waals surface area contributed by atoms with Crippen molar-refractivity contribution in [1.82, 2.24) is 15.5 Å². The Hall–Kier alpha value is -1.16. The van der Waals surface area contributed by atoms with Crippen molar-refractivity contribution in [3.63, 3.8) is 0 Å². The van der Waals surface area contributed by atoms with Gasteiger partial charge in [-0.15, -0.1) is 5.10 Å². The number of hydrogen-bond donors (Lipinski definition) is 1. The molecule has 1 aromatic rings. The quantitative estimate of drug-likeness (QED) is 0.905. The van der Waals surface area contributed by atoms with E-state index >= 15 is 0 Å². The first kappa shape index (κ1) is 12.9. The van der Waals surface area contributed by atoms with Gasteiger partial charge in [0.05, 0.1) is 5.69 Å². The average Bonchev–Trinajstić information content (AvgIpc) is 3.02. The Morgan fingerprint density at radius 1 is 1.05 bits per heavy atom. The van der Waals surface area contributed by atoms with Gasteiger partial charge in [-0.25, -0.2) is 0 Å². The first-order chi connectivity index (χ1) is 9.36. The molecule has 1 N–H and O–H groups in total. The monoisotopic (exact) mass is 260 g/mol. The van der Waals surface area contributed by atoms with Gasteiger partial charge in [0.15, 0.2) is 5.82 Å². The highest BCUT2D eigenvalue weighted by atomic mass is 15.3. The van der Waals surface area contributed by atoms with Crippen molar-refractivity contribution in [2.45, 2.75) is 50.5 Å². The maximum atomic E-state index is 4.47. The first-order valence-corrected chi connectivity index (χ1v) is 7.62. The molecular weight excluding hydrogens is 236 g/mol. The Labute approximate surface area is 115 Å². The van der Waals surface area contributed by atoms with Gasteiger partial charge in [-0.2, -0.15) is 5.10 Å². The highest BCUT2D eigenvalue weighted by molar-refractivity contribution is 5.38. The average molecular weight is 260 g/mol. The van der Waals surface area contributed by atoms with E-state index < -0.39 is 0 Å². The summed E-state index contributed by atoms with van der Waals surface area (Å²) in [4.78, 5) is 2.36. The van der Waals surface area contributed by atoms with Crippen LogP contribution in [0.4, 0.5) is 5.82 Å². The van der Waals surface area contributed by atoms with Gasteiger partial charge in [-0.1, -0.05) is 12.8 Å². The van der Waals surface area contributed by atoms with Crippen molar-refractivity contribution >= 4 is 5.82 Å². The molecule has 19 heavy (non-hydrogen) atoms. The number of piperidine rings is 1. The van der Waals surface area contributed by atoms with Crippen LogP contribution < -0.4 is 10.2 Å². The van der Waals surface area contributed by atoms with Crippen molar-refractivity contribution in [1.29, 1.82) is 0 Å². The van der Waals surface area contributed by atoms with Crippen LogP contribution in [0.2, 0.25) is 0 Å². The van der Waals surface area contributed by atoms with E-state index in [-0.39, 0.29) is 0 Å². The van der Waals surface area contributed by atoms with Crippen LogP contribution in [0.5, 0.6) is 0 Å². The fraction of sp³-hybridized carbons (Fsp3) is 0.733. The molecule has 0 spiro atoms. The van der Waals surface area contributed by atoms with Crippen LogP contribution >= 0.6 is 0 Å². The molecule has 1 saturated heterocycles. The van der Waals surface area contributed by atoms with E-state index in [1.165, 1.54) is 44.2 Å². The van der Waals surface area contributed by atoms with Gasteiger partial charge in [0.1, 0.15) is 0 Å². The lowest BCUT2D eigenvalue weighted by atomic mass is 10.0. The molecule has 0 atom stereocenters. The molecule has 1 aliphatic carbocycles. The van der Waals surface area contributed by atoms with Crippen LogP contribution in [0.1, 0.15) is 50.1 Å². The molecule has 0 bridgehead atoms. The van der Waals surface area contributed by atoms with Crippen molar-refractivity contribution in [3.05, 3.63) is 17.8 Å². The fourth-order valence-corrected chi connectivity index (χ4v) is 3.34. The second kappa shape index (κ2) is 5.87. The largest absolute Gasteiger partial charge is 0.355 e. The molecule has 1 aromatic heterocycles. The summed E-state index contributed by atoms with van der Waals surface area (Å²) in [6.45, 7) is 2.17. The second-order valence-electron chi connectivity index (χ2n) is 5.85. The minimum atomic E-state index is 0.663. The summed E-state index contributed by atoms with van der Waals surface area (Å²) < 4.78 is 0. The second-order valence-corrected chi connectivity index (χ2v) is 5.85. The van der Waals surface area contributed by atoms with Crippen molar-refractivity contribution < 1.29 is 0 Å². The Bertz CT molecular complexity index is 389. The summed E-state index contributed by atoms with van der Waals surface area (Å²) in [5.74, 6) is 1.72. The van der Waals surface area contributed by atoms with Crippen LogP contribution in [0.3, 0.4) is 0 Å². The van der Waals surface area contributed by atoms with E-state index in [9.17, 15) is 0 Å². The third-order valence-electron chi connectivity index (χ3n) is 4.67.